The Morgan fingerprint density at radius 2 is 2.05 bits per heavy atom. The van der Waals surface area contributed by atoms with Crippen LogP contribution in [-0.2, 0) is 6.42 Å². The fourth-order valence-electron chi connectivity index (χ4n) is 4.07. The Labute approximate surface area is 132 Å². The number of rotatable bonds is 5. The Morgan fingerprint density at radius 1 is 1.27 bits per heavy atom. The predicted molar refractivity (Wildman–Crippen MR) is 84.6 cm³/mol. The van der Waals surface area contributed by atoms with E-state index in [1.807, 2.05) is 0 Å². The van der Waals surface area contributed by atoms with Crippen LogP contribution in [0.3, 0.4) is 0 Å². The van der Waals surface area contributed by atoms with Gasteiger partial charge < -0.3 is 14.9 Å². The molecule has 1 heterocycles. The van der Waals surface area contributed by atoms with E-state index in [0.29, 0.717) is 24.6 Å². The summed E-state index contributed by atoms with van der Waals surface area (Å²) in [6.45, 7) is 4.56. The lowest BCUT2D eigenvalue weighted by Crippen LogP contribution is -2.47. The number of aliphatic hydroxyl groups excluding tert-OH is 1. The molecule has 0 radical (unpaired) electrons. The normalized spacial score (nSPS) is 35.9. The van der Waals surface area contributed by atoms with Gasteiger partial charge >= 0.3 is 0 Å². The van der Waals surface area contributed by atoms with Gasteiger partial charge in [-0.25, -0.2) is 0 Å². The molecule has 0 saturated heterocycles. The number of aromatic nitrogens is 2. The molecular weight excluding hydrogens is 278 g/mol. The SMILES string of the molecule is CCc1noc(C2CCC(N[C@@H]3CCC[C@@]3(C)CO)CC2)n1. The van der Waals surface area contributed by atoms with Crippen molar-refractivity contribution in [3.05, 3.63) is 11.7 Å². The summed E-state index contributed by atoms with van der Waals surface area (Å²) in [5.74, 6) is 2.08. The molecule has 0 aromatic carbocycles. The zero-order valence-electron chi connectivity index (χ0n) is 13.8. The van der Waals surface area contributed by atoms with Crippen molar-refractivity contribution in [2.24, 2.45) is 5.41 Å². The van der Waals surface area contributed by atoms with Crippen LogP contribution < -0.4 is 5.32 Å². The third-order valence-corrected chi connectivity index (χ3v) is 5.76. The van der Waals surface area contributed by atoms with E-state index < -0.39 is 0 Å². The van der Waals surface area contributed by atoms with E-state index in [1.54, 1.807) is 0 Å². The molecule has 2 atom stereocenters. The van der Waals surface area contributed by atoms with Gasteiger partial charge in [0, 0.05) is 36.4 Å². The van der Waals surface area contributed by atoms with Crippen molar-refractivity contribution in [2.45, 2.75) is 83.2 Å². The number of nitrogens with one attached hydrogen (secondary N) is 1. The zero-order valence-corrected chi connectivity index (χ0v) is 13.8. The van der Waals surface area contributed by atoms with E-state index in [0.717, 1.165) is 50.2 Å². The summed E-state index contributed by atoms with van der Waals surface area (Å²) in [5, 5.41) is 17.5. The molecule has 2 N–H and O–H groups in total. The first-order valence-corrected chi connectivity index (χ1v) is 8.84. The Hall–Kier alpha value is -0.940. The first kappa shape index (κ1) is 15.9. The summed E-state index contributed by atoms with van der Waals surface area (Å²) in [6, 6.07) is 1.04. The van der Waals surface area contributed by atoms with Gasteiger partial charge in [0.25, 0.3) is 0 Å². The molecule has 2 aliphatic carbocycles. The van der Waals surface area contributed by atoms with Gasteiger partial charge in [-0.1, -0.05) is 25.4 Å². The number of aliphatic hydroxyl groups is 1. The minimum absolute atomic E-state index is 0.0688. The Kier molecular flexibility index (Phi) is 4.83. The second-order valence-electron chi connectivity index (χ2n) is 7.37. The van der Waals surface area contributed by atoms with Crippen molar-refractivity contribution in [1.82, 2.24) is 15.5 Å². The van der Waals surface area contributed by atoms with Gasteiger partial charge in [0.2, 0.25) is 5.89 Å². The third kappa shape index (κ3) is 3.20. The highest BCUT2D eigenvalue weighted by molar-refractivity contribution is 4.99. The number of hydrogen-bond acceptors (Lipinski definition) is 5. The fraction of sp³-hybridized carbons (Fsp3) is 0.882. The van der Waals surface area contributed by atoms with Crippen LogP contribution in [0.25, 0.3) is 0 Å². The average molecular weight is 307 g/mol. The van der Waals surface area contributed by atoms with Crippen molar-refractivity contribution in [1.29, 1.82) is 0 Å². The van der Waals surface area contributed by atoms with E-state index in [9.17, 15) is 5.11 Å². The van der Waals surface area contributed by atoms with Crippen LogP contribution >= 0.6 is 0 Å². The molecule has 2 fully saturated rings. The van der Waals surface area contributed by atoms with Crippen molar-refractivity contribution >= 4 is 0 Å². The van der Waals surface area contributed by atoms with Crippen LogP contribution in [0.4, 0.5) is 0 Å². The van der Waals surface area contributed by atoms with Crippen molar-refractivity contribution in [2.75, 3.05) is 6.61 Å². The maximum atomic E-state index is 9.67. The van der Waals surface area contributed by atoms with Crippen LogP contribution in [0.5, 0.6) is 0 Å². The summed E-state index contributed by atoms with van der Waals surface area (Å²) in [7, 11) is 0. The van der Waals surface area contributed by atoms with Gasteiger partial charge in [-0.3, -0.25) is 0 Å². The molecule has 124 valence electrons. The third-order valence-electron chi connectivity index (χ3n) is 5.76. The van der Waals surface area contributed by atoms with Gasteiger partial charge in [-0.15, -0.1) is 0 Å². The van der Waals surface area contributed by atoms with Gasteiger partial charge in [0.05, 0.1) is 0 Å². The lowest BCUT2D eigenvalue weighted by Gasteiger charge is -2.36. The highest BCUT2D eigenvalue weighted by atomic mass is 16.5. The summed E-state index contributed by atoms with van der Waals surface area (Å²) in [6.07, 6.45) is 8.95. The molecule has 1 aromatic rings. The van der Waals surface area contributed by atoms with E-state index >= 15 is 0 Å². The minimum Gasteiger partial charge on any atom is -0.396 e. The Balaban J connectivity index is 1.51. The van der Waals surface area contributed by atoms with Crippen LogP contribution in [0.15, 0.2) is 4.52 Å². The number of nitrogens with zero attached hydrogens (tertiary/aromatic N) is 2. The monoisotopic (exact) mass is 307 g/mol. The molecule has 0 bridgehead atoms. The Morgan fingerprint density at radius 3 is 2.68 bits per heavy atom. The summed E-state index contributed by atoms with van der Waals surface area (Å²) in [4.78, 5) is 4.49. The lowest BCUT2D eigenvalue weighted by molar-refractivity contribution is 0.108. The first-order chi connectivity index (χ1) is 10.6. The molecule has 5 nitrogen and oxygen atoms in total. The molecule has 2 aliphatic rings. The quantitative estimate of drug-likeness (QED) is 0.875. The van der Waals surface area contributed by atoms with Crippen molar-refractivity contribution in [3.8, 4) is 0 Å². The summed E-state index contributed by atoms with van der Waals surface area (Å²) in [5.41, 5.74) is 0.0688. The summed E-state index contributed by atoms with van der Waals surface area (Å²) >= 11 is 0. The number of aryl methyl sites for hydroxylation is 1. The van der Waals surface area contributed by atoms with Gasteiger partial charge in [0.1, 0.15) is 0 Å². The minimum atomic E-state index is 0.0688. The summed E-state index contributed by atoms with van der Waals surface area (Å²) < 4.78 is 5.40. The fourth-order valence-corrected chi connectivity index (χ4v) is 4.07. The Bertz CT molecular complexity index is 482. The molecule has 0 amide bonds. The molecule has 1 aromatic heterocycles. The van der Waals surface area contributed by atoms with E-state index in [1.165, 1.54) is 12.8 Å². The van der Waals surface area contributed by atoms with Gasteiger partial charge in [-0.2, -0.15) is 4.98 Å². The molecule has 0 aliphatic heterocycles. The maximum Gasteiger partial charge on any atom is 0.229 e. The molecule has 0 spiro atoms. The highest BCUT2D eigenvalue weighted by Gasteiger charge is 2.39. The van der Waals surface area contributed by atoms with Crippen LogP contribution in [-0.4, -0.2) is 33.9 Å². The van der Waals surface area contributed by atoms with Crippen molar-refractivity contribution in [3.63, 3.8) is 0 Å². The molecule has 5 heteroatoms. The molecule has 0 unspecified atom stereocenters. The van der Waals surface area contributed by atoms with E-state index in [4.69, 9.17) is 4.52 Å². The van der Waals surface area contributed by atoms with E-state index in [-0.39, 0.29) is 5.41 Å². The van der Waals surface area contributed by atoms with Gasteiger partial charge in [0.15, 0.2) is 5.82 Å². The largest absolute Gasteiger partial charge is 0.396 e. The molecule has 22 heavy (non-hydrogen) atoms. The lowest BCUT2D eigenvalue weighted by atomic mass is 9.82. The maximum absolute atomic E-state index is 9.67. The average Bonchev–Trinajstić information content (AvgIpc) is 3.16. The molecule has 2 saturated carbocycles. The van der Waals surface area contributed by atoms with Crippen LogP contribution in [0, 0.1) is 5.41 Å². The van der Waals surface area contributed by atoms with Crippen molar-refractivity contribution < 1.29 is 9.63 Å². The second-order valence-corrected chi connectivity index (χ2v) is 7.37. The molecular formula is C17H29N3O2. The second kappa shape index (κ2) is 6.67. The standard InChI is InChI=1S/C17H29N3O2/c1-3-15-19-16(22-20-15)12-6-8-13(9-7-12)18-14-5-4-10-17(14,2)11-21/h12-14,18,21H,3-11H2,1-2H3/t12?,13?,14-,17+/m1/s1. The highest BCUT2D eigenvalue weighted by Crippen LogP contribution is 2.39. The zero-order chi connectivity index (χ0) is 15.6. The predicted octanol–water partition coefficient (Wildman–Crippen LogP) is 2.80. The van der Waals surface area contributed by atoms with E-state index in [2.05, 4.69) is 29.3 Å². The smallest absolute Gasteiger partial charge is 0.229 e. The molecule has 3 rings (SSSR count). The topological polar surface area (TPSA) is 71.2 Å². The number of hydrogen-bond donors (Lipinski definition) is 2. The first-order valence-electron chi connectivity index (χ1n) is 8.84. The van der Waals surface area contributed by atoms with Crippen LogP contribution in [0.2, 0.25) is 0 Å². The van der Waals surface area contributed by atoms with Crippen LogP contribution in [0.1, 0.15) is 76.4 Å². The van der Waals surface area contributed by atoms with Gasteiger partial charge in [-0.05, 0) is 38.5 Å².